The number of morpholine rings is 1. The highest BCUT2D eigenvalue weighted by Crippen LogP contribution is 2.49. The van der Waals surface area contributed by atoms with Gasteiger partial charge >= 0.3 is 0 Å². The predicted molar refractivity (Wildman–Crippen MR) is 171 cm³/mol. The standard InChI is InChI=1S/C35H37FN4O6/c1-23-20-26(8-9-29(23)40(25-6-4-24(36)5-7-25)34(42)35(11-12-35)33(37)41)46-30-10-13-38-28-22-32(31(43-2)21-27(28)30)45-17-3-14-39-15-18-44-19-16-39/h4-10,13,20-22H,3,11-12,14-19H2,1-2H3,(H2,37,41). The third kappa shape index (κ3) is 6.47. The molecule has 1 saturated heterocycles. The van der Waals surface area contributed by atoms with Crippen molar-refractivity contribution < 1.29 is 32.9 Å². The van der Waals surface area contributed by atoms with E-state index in [2.05, 4.69) is 9.88 Å². The van der Waals surface area contributed by atoms with Crippen molar-refractivity contribution in [1.82, 2.24) is 9.88 Å². The van der Waals surface area contributed by atoms with Gasteiger partial charge in [0.15, 0.2) is 11.5 Å². The monoisotopic (exact) mass is 628 g/mol. The number of halogens is 1. The highest BCUT2D eigenvalue weighted by atomic mass is 19.1. The Morgan fingerprint density at radius 2 is 1.78 bits per heavy atom. The van der Waals surface area contributed by atoms with E-state index in [4.69, 9.17) is 24.7 Å². The molecule has 2 fully saturated rings. The van der Waals surface area contributed by atoms with Gasteiger partial charge in [-0.05, 0) is 86.3 Å². The van der Waals surface area contributed by atoms with Crippen LogP contribution in [0.15, 0.2) is 66.9 Å². The first-order chi connectivity index (χ1) is 22.3. The quantitative estimate of drug-likeness (QED) is 0.161. The van der Waals surface area contributed by atoms with E-state index in [9.17, 15) is 14.0 Å². The minimum absolute atomic E-state index is 0.374. The summed E-state index contributed by atoms with van der Waals surface area (Å²) < 4.78 is 37.3. The van der Waals surface area contributed by atoms with Crippen molar-refractivity contribution in [1.29, 1.82) is 0 Å². The van der Waals surface area contributed by atoms with Crippen LogP contribution in [0.5, 0.6) is 23.0 Å². The molecule has 46 heavy (non-hydrogen) atoms. The summed E-state index contributed by atoms with van der Waals surface area (Å²) in [7, 11) is 1.60. The summed E-state index contributed by atoms with van der Waals surface area (Å²) in [6.45, 7) is 6.74. The lowest BCUT2D eigenvalue weighted by Gasteiger charge is -2.28. The number of rotatable bonds is 12. The van der Waals surface area contributed by atoms with Crippen LogP contribution in [0.4, 0.5) is 15.8 Å². The Labute approximate surface area is 266 Å². The Morgan fingerprint density at radius 1 is 1.02 bits per heavy atom. The molecule has 0 bridgehead atoms. The molecule has 0 atom stereocenters. The summed E-state index contributed by atoms with van der Waals surface area (Å²) in [6, 6.07) is 16.3. The van der Waals surface area contributed by atoms with Gasteiger partial charge in [-0.2, -0.15) is 0 Å². The maximum absolute atomic E-state index is 13.8. The van der Waals surface area contributed by atoms with Crippen LogP contribution in [0.1, 0.15) is 24.8 Å². The number of nitrogens with zero attached hydrogens (tertiary/aromatic N) is 3. The second kappa shape index (κ2) is 13.3. The number of anilines is 2. The molecule has 2 heterocycles. The normalized spacial score (nSPS) is 15.7. The Balaban J connectivity index is 1.23. The van der Waals surface area contributed by atoms with Crippen molar-refractivity contribution >= 4 is 34.1 Å². The molecule has 2 amide bonds. The van der Waals surface area contributed by atoms with Crippen LogP contribution in [0.25, 0.3) is 10.9 Å². The van der Waals surface area contributed by atoms with Gasteiger partial charge in [0.05, 0.1) is 38.1 Å². The number of nitrogens with two attached hydrogens (primary N) is 1. The van der Waals surface area contributed by atoms with E-state index < -0.39 is 23.0 Å². The molecule has 1 aromatic heterocycles. The third-order valence-electron chi connectivity index (χ3n) is 8.52. The summed E-state index contributed by atoms with van der Waals surface area (Å²) in [5.74, 6) is 0.733. The first-order valence-electron chi connectivity index (χ1n) is 15.4. The topological polar surface area (TPSA) is 116 Å². The zero-order valence-electron chi connectivity index (χ0n) is 26.0. The average molecular weight is 629 g/mol. The molecular formula is C35H37FN4O6. The highest BCUT2D eigenvalue weighted by Gasteiger charge is 2.57. The minimum atomic E-state index is -1.27. The van der Waals surface area contributed by atoms with Gasteiger partial charge in [0.2, 0.25) is 11.8 Å². The number of pyridine rings is 1. The summed E-state index contributed by atoms with van der Waals surface area (Å²) in [5, 5.41) is 0.738. The number of hydrogen-bond donors (Lipinski definition) is 1. The number of carbonyl (C=O) groups excluding carboxylic acids is 2. The number of hydrogen-bond acceptors (Lipinski definition) is 8. The number of aromatic nitrogens is 1. The summed E-state index contributed by atoms with van der Waals surface area (Å²) in [4.78, 5) is 34.3. The average Bonchev–Trinajstić information content (AvgIpc) is 3.88. The molecule has 2 aliphatic rings. The van der Waals surface area contributed by atoms with Gasteiger partial charge in [-0.25, -0.2) is 4.39 Å². The smallest absolute Gasteiger partial charge is 0.247 e. The van der Waals surface area contributed by atoms with Crippen LogP contribution in [0.2, 0.25) is 0 Å². The number of fused-ring (bicyclic) bond motifs is 1. The Hall–Kier alpha value is -4.74. The van der Waals surface area contributed by atoms with Crippen LogP contribution in [0, 0.1) is 18.2 Å². The molecule has 6 rings (SSSR count). The van der Waals surface area contributed by atoms with Crippen molar-refractivity contribution in [3.63, 3.8) is 0 Å². The number of primary amides is 1. The van der Waals surface area contributed by atoms with E-state index in [-0.39, 0.29) is 0 Å². The van der Waals surface area contributed by atoms with Gasteiger partial charge in [-0.1, -0.05) is 0 Å². The molecular weight excluding hydrogens is 591 g/mol. The third-order valence-corrected chi connectivity index (χ3v) is 8.52. The molecule has 4 aromatic rings. The zero-order chi connectivity index (χ0) is 32.3. The number of aryl methyl sites for hydroxylation is 1. The molecule has 1 aliphatic heterocycles. The Morgan fingerprint density at radius 3 is 2.46 bits per heavy atom. The minimum Gasteiger partial charge on any atom is -0.493 e. The Bertz CT molecular complexity index is 1740. The lowest BCUT2D eigenvalue weighted by atomic mass is 10.0. The molecule has 1 aliphatic carbocycles. The molecule has 0 spiro atoms. The number of methoxy groups -OCH3 is 1. The van der Waals surface area contributed by atoms with Crippen LogP contribution in [-0.2, 0) is 14.3 Å². The molecule has 3 aromatic carbocycles. The fourth-order valence-corrected chi connectivity index (χ4v) is 5.71. The second-order valence-electron chi connectivity index (χ2n) is 11.6. The van der Waals surface area contributed by atoms with Gasteiger partial charge in [-0.15, -0.1) is 0 Å². The first-order valence-corrected chi connectivity index (χ1v) is 15.4. The second-order valence-corrected chi connectivity index (χ2v) is 11.6. The zero-order valence-corrected chi connectivity index (χ0v) is 26.0. The summed E-state index contributed by atoms with van der Waals surface area (Å²) in [5.41, 5.74) is 6.73. The van der Waals surface area contributed by atoms with Crippen molar-refractivity contribution in [2.45, 2.75) is 26.2 Å². The van der Waals surface area contributed by atoms with Crippen LogP contribution in [-0.4, -0.2) is 68.3 Å². The number of carbonyl (C=O) groups is 2. The molecule has 11 heteroatoms. The maximum atomic E-state index is 13.8. The van der Waals surface area contributed by atoms with Crippen molar-refractivity contribution in [2.75, 3.05) is 51.5 Å². The summed E-state index contributed by atoms with van der Waals surface area (Å²) >= 11 is 0. The maximum Gasteiger partial charge on any atom is 0.247 e. The fraction of sp³-hybridized carbons (Fsp3) is 0.343. The molecule has 0 radical (unpaired) electrons. The lowest BCUT2D eigenvalue weighted by molar-refractivity contribution is -0.133. The molecule has 240 valence electrons. The SMILES string of the molecule is COc1cc2c(Oc3ccc(N(C(=O)C4(C(N)=O)CC4)c4ccc(F)cc4)c(C)c3)ccnc2cc1OCCCN1CCOCC1. The van der Waals surface area contributed by atoms with E-state index >= 15 is 0 Å². The van der Waals surface area contributed by atoms with Gasteiger partial charge in [-0.3, -0.25) is 24.4 Å². The van der Waals surface area contributed by atoms with E-state index in [0.717, 1.165) is 44.7 Å². The van der Waals surface area contributed by atoms with E-state index in [0.29, 0.717) is 64.9 Å². The van der Waals surface area contributed by atoms with Crippen molar-refractivity contribution in [2.24, 2.45) is 11.1 Å². The largest absolute Gasteiger partial charge is 0.493 e. The number of ether oxygens (including phenoxy) is 4. The molecule has 10 nitrogen and oxygen atoms in total. The van der Waals surface area contributed by atoms with Crippen molar-refractivity contribution in [3.8, 4) is 23.0 Å². The number of benzene rings is 3. The first kappa shape index (κ1) is 31.3. The van der Waals surface area contributed by atoms with Crippen molar-refractivity contribution in [3.05, 3.63) is 78.2 Å². The molecule has 1 saturated carbocycles. The summed E-state index contributed by atoms with van der Waals surface area (Å²) in [6.07, 6.45) is 3.29. The van der Waals surface area contributed by atoms with Gasteiger partial charge in [0, 0.05) is 43.0 Å². The lowest BCUT2D eigenvalue weighted by Crippen LogP contribution is -2.41. The highest BCUT2D eigenvalue weighted by molar-refractivity contribution is 6.16. The van der Waals surface area contributed by atoms with Gasteiger partial charge in [0.25, 0.3) is 0 Å². The van der Waals surface area contributed by atoms with E-state index in [1.165, 1.54) is 29.2 Å². The van der Waals surface area contributed by atoms with Crippen LogP contribution < -0.4 is 24.8 Å². The van der Waals surface area contributed by atoms with Gasteiger partial charge < -0.3 is 24.7 Å². The van der Waals surface area contributed by atoms with Crippen LogP contribution in [0.3, 0.4) is 0 Å². The van der Waals surface area contributed by atoms with E-state index in [1.54, 1.807) is 37.6 Å². The number of amides is 2. The van der Waals surface area contributed by atoms with Gasteiger partial charge in [0.1, 0.15) is 22.7 Å². The predicted octanol–water partition coefficient (Wildman–Crippen LogP) is 5.51. The molecule has 2 N–H and O–H groups in total. The molecule has 0 unspecified atom stereocenters. The fourth-order valence-electron chi connectivity index (χ4n) is 5.71. The van der Waals surface area contributed by atoms with Crippen LogP contribution >= 0.6 is 0 Å². The Kier molecular flexibility index (Phi) is 9.05. The van der Waals surface area contributed by atoms with E-state index in [1.807, 2.05) is 19.1 Å².